The number of aryl methyl sites for hydroxylation is 2. The molecule has 5 nitrogen and oxygen atoms in total. The number of benzene rings is 4. The molecule has 0 spiro atoms. The molecule has 2 heterocycles. The molecule has 0 atom stereocenters. The van der Waals surface area contributed by atoms with Crippen LogP contribution < -0.4 is 5.56 Å². The SMILES string of the molecule is Cc1n[nH]c(=O)c(-c2c(F)ccc(Cl)c2F)c1-c1ccc(Cl)cc1.Cc1nnc(Cl)c(-c2c(F)ccc(Cl)c2F)c1-c1ccc(Cl)cc1. The van der Waals surface area contributed by atoms with Gasteiger partial charge < -0.3 is 0 Å². The zero-order valence-corrected chi connectivity index (χ0v) is 28.4. The van der Waals surface area contributed by atoms with E-state index in [1.807, 2.05) is 0 Å². The number of aromatic amines is 1. The van der Waals surface area contributed by atoms with Crippen LogP contribution in [0.5, 0.6) is 0 Å². The van der Waals surface area contributed by atoms with Crippen LogP contribution in [0, 0.1) is 37.1 Å². The Bertz CT molecular complexity index is 2230. The van der Waals surface area contributed by atoms with Gasteiger partial charge in [0.2, 0.25) is 0 Å². The Hall–Kier alpha value is -3.99. The summed E-state index contributed by atoms with van der Waals surface area (Å²) in [5, 5.41) is 14.3. The van der Waals surface area contributed by atoms with E-state index in [-0.39, 0.29) is 31.9 Å². The molecule has 6 rings (SSSR count). The number of rotatable bonds is 4. The van der Waals surface area contributed by atoms with Crippen LogP contribution in [-0.2, 0) is 0 Å². The van der Waals surface area contributed by atoms with Crippen LogP contribution in [0.3, 0.4) is 0 Å². The molecule has 244 valence electrons. The zero-order valence-electron chi connectivity index (χ0n) is 24.6. The molecule has 6 aromatic rings. The maximum atomic E-state index is 14.5. The lowest BCUT2D eigenvalue weighted by atomic mass is 9.94. The van der Waals surface area contributed by atoms with Gasteiger partial charge >= 0.3 is 0 Å². The standard InChI is InChI=1S/C17H9Cl3F2N2.C17H10Cl2F2N2O/c1-8-13(9-2-4-10(18)5-3-9)15(17(20)24-23-8)14-12(21)7-6-11(19)16(14)22;1-8-13(9-2-4-10(18)5-3-9)15(17(24)23-22-8)14-12(20)7-6-11(19)16(14)21/h2-7H,1H3;2-7H,1H3,(H,23,24). The molecular formula is C34H19Cl5F4N4O. The molecular weight excluding hydrogens is 734 g/mol. The molecule has 1 N–H and O–H groups in total. The average molecular weight is 753 g/mol. The number of hydrogen-bond donors (Lipinski definition) is 1. The number of aromatic nitrogens is 4. The molecule has 0 saturated heterocycles. The molecule has 0 aliphatic carbocycles. The van der Waals surface area contributed by atoms with Crippen LogP contribution in [0.25, 0.3) is 44.5 Å². The van der Waals surface area contributed by atoms with Crippen molar-refractivity contribution in [1.29, 1.82) is 0 Å². The minimum Gasteiger partial charge on any atom is -0.267 e. The predicted molar refractivity (Wildman–Crippen MR) is 183 cm³/mol. The number of nitrogens with zero attached hydrogens (tertiary/aromatic N) is 3. The maximum Gasteiger partial charge on any atom is 0.272 e. The van der Waals surface area contributed by atoms with Crippen molar-refractivity contribution < 1.29 is 17.6 Å². The lowest BCUT2D eigenvalue weighted by molar-refractivity contribution is 0.589. The largest absolute Gasteiger partial charge is 0.272 e. The Morgan fingerprint density at radius 2 is 0.958 bits per heavy atom. The highest BCUT2D eigenvalue weighted by molar-refractivity contribution is 6.34. The molecule has 0 unspecified atom stereocenters. The summed E-state index contributed by atoms with van der Waals surface area (Å²) >= 11 is 29.5. The first-order valence-corrected chi connectivity index (χ1v) is 15.6. The van der Waals surface area contributed by atoms with Crippen LogP contribution in [0.2, 0.25) is 25.2 Å². The van der Waals surface area contributed by atoms with Crippen molar-refractivity contribution in [2.45, 2.75) is 13.8 Å². The third-order valence-corrected chi connectivity index (χ3v) is 8.48. The molecule has 0 radical (unpaired) electrons. The van der Waals surface area contributed by atoms with E-state index in [2.05, 4.69) is 20.4 Å². The topological polar surface area (TPSA) is 71.5 Å². The van der Waals surface area contributed by atoms with Gasteiger partial charge in [0.15, 0.2) is 16.8 Å². The first kappa shape index (κ1) is 35.3. The van der Waals surface area contributed by atoms with Crippen molar-refractivity contribution in [2.24, 2.45) is 0 Å². The number of hydrogen-bond acceptors (Lipinski definition) is 4. The van der Waals surface area contributed by atoms with Gasteiger partial charge in [-0.1, -0.05) is 82.3 Å². The Balaban J connectivity index is 0.000000188. The van der Waals surface area contributed by atoms with Crippen molar-refractivity contribution >= 4 is 58.0 Å². The maximum absolute atomic E-state index is 14.5. The molecule has 0 amide bonds. The summed E-state index contributed by atoms with van der Waals surface area (Å²) in [6.45, 7) is 3.31. The number of nitrogens with one attached hydrogen (secondary N) is 1. The normalized spacial score (nSPS) is 10.9. The Morgan fingerprint density at radius 1 is 0.521 bits per heavy atom. The van der Waals surface area contributed by atoms with E-state index >= 15 is 0 Å². The molecule has 0 fully saturated rings. The van der Waals surface area contributed by atoms with Crippen LogP contribution in [-0.4, -0.2) is 20.4 Å². The fraction of sp³-hybridized carbons (Fsp3) is 0.0588. The second kappa shape index (κ2) is 14.6. The predicted octanol–water partition coefficient (Wildman–Crippen LogP) is 11.4. The van der Waals surface area contributed by atoms with Gasteiger partial charge in [0.05, 0.1) is 38.1 Å². The summed E-state index contributed by atoms with van der Waals surface area (Å²) in [6, 6.07) is 17.6. The first-order valence-electron chi connectivity index (χ1n) is 13.7. The van der Waals surface area contributed by atoms with E-state index in [0.29, 0.717) is 43.7 Å². The molecule has 0 aliphatic rings. The number of halogens is 9. The van der Waals surface area contributed by atoms with Gasteiger partial charge in [-0.15, -0.1) is 5.10 Å². The Morgan fingerprint density at radius 3 is 1.44 bits per heavy atom. The summed E-state index contributed by atoms with van der Waals surface area (Å²) in [7, 11) is 0. The highest BCUT2D eigenvalue weighted by Crippen LogP contribution is 2.42. The summed E-state index contributed by atoms with van der Waals surface area (Å²) in [4.78, 5) is 12.3. The van der Waals surface area contributed by atoms with E-state index in [1.54, 1.807) is 62.4 Å². The summed E-state index contributed by atoms with van der Waals surface area (Å²) in [5.74, 6) is -3.58. The quantitative estimate of drug-likeness (QED) is 0.144. The molecule has 14 heteroatoms. The lowest BCUT2D eigenvalue weighted by Gasteiger charge is -2.15. The van der Waals surface area contributed by atoms with Gasteiger partial charge in [0.1, 0.15) is 11.6 Å². The third-order valence-electron chi connectivity index (χ3n) is 7.12. The smallest absolute Gasteiger partial charge is 0.267 e. The molecule has 4 aromatic carbocycles. The summed E-state index contributed by atoms with van der Waals surface area (Å²) in [6.07, 6.45) is 0. The van der Waals surface area contributed by atoms with E-state index < -0.39 is 34.4 Å². The van der Waals surface area contributed by atoms with Crippen LogP contribution in [0.1, 0.15) is 11.4 Å². The molecule has 2 aromatic heterocycles. The van der Waals surface area contributed by atoms with Crippen molar-refractivity contribution in [1.82, 2.24) is 20.4 Å². The molecule has 0 aliphatic heterocycles. The summed E-state index contributed by atoms with van der Waals surface area (Å²) < 4.78 is 57.6. The van der Waals surface area contributed by atoms with Crippen molar-refractivity contribution in [2.75, 3.05) is 0 Å². The van der Waals surface area contributed by atoms with Gasteiger partial charge in [-0.2, -0.15) is 10.2 Å². The fourth-order valence-electron chi connectivity index (χ4n) is 4.96. The lowest BCUT2D eigenvalue weighted by Crippen LogP contribution is -2.16. The molecule has 48 heavy (non-hydrogen) atoms. The van der Waals surface area contributed by atoms with Gasteiger partial charge in [-0.25, -0.2) is 22.7 Å². The second-order valence-electron chi connectivity index (χ2n) is 10.2. The van der Waals surface area contributed by atoms with Crippen molar-refractivity contribution in [3.05, 3.63) is 143 Å². The second-order valence-corrected chi connectivity index (χ2v) is 12.2. The first-order chi connectivity index (χ1) is 22.8. The number of H-pyrrole nitrogens is 1. The van der Waals surface area contributed by atoms with E-state index in [4.69, 9.17) is 58.0 Å². The summed E-state index contributed by atoms with van der Waals surface area (Å²) in [5.41, 5.74) is 1.27. The van der Waals surface area contributed by atoms with Gasteiger partial charge in [-0.3, -0.25) is 4.79 Å². The minimum absolute atomic E-state index is 0.101. The van der Waals surface area contributed by atoms with E-state index in [1.165, 1.54) is 0 Å². The van der Waals surface area contributed by atoms with E-state index in [9.17, 15) is 22.4 Å². The van der Waals surface area contributed by atoms with Gasteiger partial charge in [-0.05, 0) is 73.5 Å². The van der Waals surface area contributed by atoms with Gasteiger partial charge in [0, 0.05) is 26.7 Å². The Labute approximate surface area is 296 Å². The van der Waals surface area contributed by atoms with Crippen LogP contribution >= 0.6 is 58.0 Å². The highest BCUT2D eigenvalue weighted by atomic mass is 35.5. The zero-order chi connectivity index (χ0) is 34.9. The fourth-order valence-corrected chi connectivity index (χ4v) is 5.76. The Kier molecular flexibility index (Phi) is 10.8. The van der Waals surface area contributed by atoms with Gasteiger partial charge in [0.25, 0.3) is 5.56 Å². The third kappa shape index (κ3) is 7.06. The minimum atomic E-state index is -0.997. The van der Waals surface area contributed by atoms with Crippen LogP contribution in [0.15, 0.2) is 77.6 Å². The molecule has 0 bridgehead atoms. The highest BCUT2D eigenvalue weighted by Gasteiger charge is 2.25. The van der Waals surface area contributed by atoms with E-state index in [0.717, 1.165) is 24.3 Å². The monoisotopic (exact) mass is 750 g/mol. The average Bonchev–Trinajstić information content (AvgIpc) is 3.06. The van der Waals surface area contributed by atoms with Crippen molar-refractivity contribution in [3.8, 4) is 44.5 Å². The molecule has 0 saturated carbocycles. The van der Waals surface area contributed by atoms with Crippen LogP contribution in [0.4, 0.5) is 17.6 Å². The van der Waals surface area contributed by atoms with Crippen molar-refractivity contribution in [3.63, 3.8) is 0 Å².